The molecule has 0 atom stereocenters. The maximum absolute atomic E-state index is 11.0. The summed E-state index contributed by atoms with van der Waals surface area (Å²) in [7, 11) is 3.56. The minimum absolute atomic E-state index is 0.0282. The predicted octanol–water partition coefficient (Wildman–Crippen LogP) is 2.98. The third-order valence-corrected chi connectivity index (χ3v) is 3.16. The van der Waals surface area contributed by atoms with Gasteiger partial charge in [0.15, 0.2) is 0 Å². The highest BCUT2D eigenvalue weighted by atomic mass is 16.6. The van der Waals surface area contributed by atoms with Crippen molar-refractivity contribution in [2.45, 2.75) is 13.5 Å². The first kappa shape index (κ1) is 14.8. The van der Waals surface area contributed by atoms with Crippen molar-refractivity contribution in [3.05, 3.63) is 57.6 Å². The molecule has 0 aliphatic heterocycles. The molecule has 2 rings (SSSR count). The van der Waals surface area contributed by atoms with Crippen LogP contribution in [0.1, 0.15) is 11.1 Å². The molecule has 1 N–H and O–H groups in total. The van der Waals surface area contributed by atoms with Gasteiger partial charge in [-0.2, -0.15) is 0 Å². The highest BCUT2D eigenvalue weighted by Crippen LogP contribution is 2.23. The van der Waals surface area contributed by atoms with Crippen LogP contribution in [0.5, 0.6) is 0 Å². The smallest absolute Gasteiger partial charge is 0.276 e. The number of rotatable bonds is 5. The van der Waals surface area contributed by atoms with E-state index < -0.39 is 4.92 Å². The fourth-order valence-corrected chi connectivity index (χ4v) is 2.10. The summed E-state index contributed by atoms with van der Waals surface area (Å²) < 4.78 is 0. The highest BCUT2D eigenvalue weighted by molar-refractivity contribution is 5.55. The van der Waals surface area contributed by atoms with Crippen LogP contribution in [0.4, 0.5) is 17.3 Å². The fraction of sp³-hybridized carbons (Fsp3) is 0.267. The molecule has 0 fully saturated rings. The van der Waals surface area contributed by atoms with Gasteiger partial charge < -0.3 is 10.2 Å². The van der Waals surface area contributed by atoms with Crippen LogP contribution < -0.4 is 10.2 Å². The third-order valence-electron chi connectivity index (χ3n) is 3.16. The van der Waals surface area contributed by atoms with E-state index in [0.717, 1.165) is 5.56 Å². The molecule has 0 amide bonds. The lowest BCUT2D eigenvalue weighted by atomic mass is 10.1. The van der Waals surface area contributed by atoms with Crippen molar-refractivity contribution in [1.29, 1.82) is 0 Å². The lowest BCUT2D eigenvalue weighted by Crippen LogP contribution is -2.18. The average Bonchev–Trinajstić information content (AvgIpc) is 2.46. The molecule has 1 heterocycles. The van der Waals surface area contributed by atoms with Gasteiger partial charge in [0.05, 0.1) is 17.1 Å². The zero-order chi connectivity index (χ0) is 15.4. The molecule has 1 aromatic carbocycles. The van der Waals surface area contributed by atoms with E-state index in [1.807, 2.05) is 37.1 Å². The average molecular weight is 286 g/mol. The molecule has 2 aromatic rings. The number of nitrogens with one attached hydrogen (secondary N) is 1. The highest BCUT2D eigenvalue weighted by Gasteiger charge is 2.13. The van der Waals surface area contributed by atoms with Crippen molar-refractivity contribution in [3.8, 4) is 0 Å². The van der Waals surface area contributed by atoms with E-state index in [0.29, 0.717) is 18.2 Å². The zero-order valence-corrected chi connectivity index (χ0v) is 12.3. The molecule has 6 nitrogen and oxygen atoms in total. The maximum atomic E-state index is 11.0. The summed E-state index contributed by atoms with van der Waals surface area (Å²) in [6, 6.07) is 11.1. The summed E-state index contributed by atoms with van der Waals surface area (Å²) >= 11 is 0. The summed E-state index contributed by atoms with van der Waals surface area (Å²) in [4.78, 5) is 16.8. The molecule has 21 heavy (non-hydrogen) atoms. The molecule has 110 valence electrons. The van der Waals surface area contributed by atoms with Gasteiger partial charge in [-0.15, -0.1) is 0 Å². The number of benzene rings is 1. The molecular weight excluding hydrogens is 268 g/mol. The standard InChI is InChI=1S/C15H18N4O2/c1-11-5-4-6-12(7-11)10-18(3)15-9-13(19(20)21)8-14(16-2)17-15/h4-9H,10H2,1-3H3,(H,16,17). The van der Waals surface area contributed by atoms with Gasteiger partial charge in [0.25, 0.3) is 5.69 Å². The van der Waals surface area contributed by atoms with Crippen molar-refractivity contribution < 1.29 is 4.92 Å². The van der Waals surface area contributed by atoms with Gasteiger partial charge in [0, 0.05) is 20.6 Å². The van der Waals surface area contributed by atoms with Crippen molar-refractivity contribution >= 4 is 17.3 Å². The van der Waals surface area contributed by atoms with Gasteiger partial charge >= 0.3 is 0 Å². The lowest BCUT2D eigenvalue weighted by molar-refractivity contribution is -0.384. The van der Waals surface area contributed by atoms with Crippen LogP contribution in [-0.4, -0.2) is 24.0 Å². The van der Waals surface area contributed by atoms with Gasteiger partial charge in [-0.05, 0) is 12.5 Å². The van der Waals surface area contributed by atoms with E-state index in [4.69, 9.17) is 0 Å². The Labute approximate surface area is 123 Å². The Balaban J connectivity index is 2.27. The Kier molecular flexibility index (Phi) is 4.37. The number of anilines is 2. The van der Waals surface area contributed by atoms with E-state index in [9.17, 15) is 10.1 Å². The van der Waals surface area contributed by atoms with Gasteiger partial charge in [0.1, 0.15) is 11.6 Å². The molecule has 0 radical (unpaired) electrons. The van der Waals surface area contributed by atoms with Crippen molar-refractivity contribution in [3.63, 3.8) is 0 Å². The number of aryl methyl sites for hydroxylation is 1. The Bertz CT molecular complexity index is 658. The van der Waals surface area contributed by atoms with E-state index in [1.54, 1.807) is 7.05 Å². The van der Waals surface area contributed by atoms with E-state index >= 15 is 0 Å². The lowest BCUT2D eigenvalue weighted by Gasteiger charge is -2.19. The SMILES string of the molecule is CNc1cc([N+](=O)[O-])cc(N(C)Cc2cccc(C)c2)n1. The normalized spacial score (nSPS) is 10.2. The fourth-order valence-electron chi connectivity index (χ4n) is 2.10. The van der Waals surface area contributed by atoms with Crippen LogP contribution in [0, 0.1) is 17.0 Å². The minimum atomic E-state index is -0.410. The molecule has 0 bridgehead atoms. The Morgan fingerprint density at radius 3 is 2.71 bits per heavy atom. The summed E-state index contributed by atoms with van der Waals surface area (Å²) in [5, 5.41) is 13.8. The van der Waals surface area contributed by atoms with E-state index in [-0.39, 0.29) is 5.69 Å². The van der Waals surface area contributed by atoms with Gasteiger partial charge in [0.2, 0.25) is 0 Å². The number of nitrogens with zero attached hydrogens (tertiary/aromatic N) is 3. The number of aromatic nitrogens is 1. The van der Waals surface area contributed by atoms with Gasteiger partial charge in [-0.1, -0.05) is 29.8 Å². The Morgan fingerprint density at radius 2 is 2.10 bits per heavy atom. The molecule has 0 unspecified atom stereocenters. The Hall–Kier alpha value is -2.63. The van der Waals surface area contributed by atoms with E-state index in [2.05, 4.69) is 16.4 Å². The van der Waals surface area contributed by atoms with Crippen molar-refractivity contribution in [2.24, 2.45) is 0 Å². The Morgan fingerprint density at radius 1 is 1.33 bits per heavy atom. The summed E-state index contributed by atoms with van der Waals surface area (Å²) in [5.74, 6) is 1.05. The number of hydrogen-bond acceptors (Lipinski definition) is 5. The second-order valence-corrected chi connectivity index (χ2v) is 4.92. The van der Waals surface area contributed by atoms with E-state index in [1.165, 1.54) is 17.7 Å². The second-order valence-electron chi connectivity index (χ2n) is 4.92. The summed E-state index contributed by atoms with van der Waals surface area (Å²) in [6.45, 7) is 2.67. The van der Waals surface area contributed by atoms with Crippen LogP contribution in [0.25, 0.3) is 0 Å². The van der Waals surface area contributed by atoms with Crippen LogP contribution in [-0.2, 0) is 6.54 Å². The molecule has 0 aliphatic rings. The van der Waals surface area contributed by atoms with Crippen molar-refractivity contribution in [1.82, 2.24) is 4.98 Å². The van der Waals surface area contributed by atoms with Crippen LogP contribution >= 0.6 is 0 Å². The molecule has 0 saturated carbocycles. The number of hydrogen-bond donors (Lipinski definition) is 1. The predicted molar refractivity (Wildman–Crippen MR) is 83.7 cm³/mol. The van der Waals surface area contributed by atoms with Crippen LogP contribution in [0.15, 0.2) is 36.4 Å². The molecule has 6 heteroatoms. The summed E-state index contributed by atoms with van der Waals surface area (Å²) in [5.41, 5.74) is 2.35. The quantitative estimate of drug-likeness (QED) is 0.676. The first-order valence-electron chi connectivity index (χ1n) is 6.60. The number of pyridine rings is 1. The molecule has 0 spiro atoms. The van der Waals surface area contributed by atoms with Crippen molar-refractivity contribution in [2.75, 3.05) is 24.3 Å². The third kappa shape index (κ3) is 3.68. The van der Waals surface area contributed by atoms with Gasteiger partial charge in [-0.25, -0.2) is 4.98 Å². The van der Waals surface area contributed by atoms with Crippen LogP contribution in [0.2, 0.25) is 0 Å². The van der Waals surface area contributed by atoms with Gasteiger partial charge in [-0.3, -0.25) is 10.1 Å². The second kappa shape index (κ2) is 6.21. The van der Waals surface area contributed by atoms with Crippen LogP contribution in [0.3, 0.4) is 0 Å². The molecule has 1 aromatic heterocycles. The first-order chi connectivity index (χ1) is 9.99. The summed E-state index contributed by atoms with van der Waals surface area (Å²) in [6.07, 6.45) is 0. The first-order valence-corrected chi connectivity index (χ1v) is 6.60. The topological polar surface area (TPSA) is 71.3 Å². The molecular formula is C15H18N4O2. The number of nitro groups is 1. The monoisotopic (exact) mass is 286 g/mol. The maximum Gasteiger partial charge on any atom is 0.276 e. The molecule has 0 saturated heterocycles. The largest absolute Gasteiger partial charge is 0.373 e. The zero-order valence-electron chi connectivity index (χ0n) is 12.3. The minimum Gasteiger partial charge on any atom is -0.373 e. The molecule has 0 aliphatic carbocycles.